The fraction of sp³-hybridized carbons (Fsp3) is 0.250. The van der Waals surface area contributed by atoms with Gasteiger partial charge in [-0.05, 0) is 23.3 Å². The number of aliphatic hydroxyl groups excluding tert-OH is 1. The van der Waals surface area contributed by atoms with Crippen LogP contribution in [0.3, 0.4) is 0 Å². The molecule has 0 aliphatic rings. The molecule has 66 valence electrons. The van der Waals surface area contributed by atoms with Gasteiger partial charge in [-0.1, -0.05) is 0 Å². The van der Waals surface area contributed by atoms with Crippen molar-refractivity contribution in [2.75, 3.05) is 6.26 Å². The lowest BCUT2D eigenvalue weighted by Gasteiger charge is -2.05. The van der Waals surface area contributed by atoms with Crippen LogP contribution in [0.1, 0.15) is 5.56 Å². The van der Waals surface area contributed by atoms with E-state index in [9.17, 15) is 8.94 Å². The van der Waals surface area contributed by atoms with Crippen LogP contribution in [-0.4, -0.2) is 15.9 Å². The Balaban J connectivity index is 3.02. The van der Waals surface area contributed by atoms with Crippen LogP contribution < -0.4 is 0 Å². The predicted octanol–water partition coefficient (Wildman–Crippen LogP) is 1.06. The average molecular weight is 188 g/mol. The molecule has 0 heterocycles. The summed E-state index contributed by atoms with van der Waals surface area (Å²) in [5.74, 6) is -0.509. The van der Waals surface area contributed by atoms with E-state index in [-0.39, 0.29) is 12.2 Å². The van der Waals surface area contributed by atoms with Crippen molar-refractivity contribution < 1.29 is 14.0 Å². The zero-order chi connectivity index (χ0) is 9.14. The topological polar surface area (TPSA) is 43.3 Å². The first-order valence-corrected chi connectivity index (χ1v) is 4.93. The molecule has 0 aliphatic heterocycles. The summed E-state index contributed by atoms with van der Waals surface area (Å²) < 4.78 is 23.8. The minimum atomic E-state index is -1.17. The third-order valence-electron chi connectivity index (χ3n) is 1.53. The third-order valence-corrected chi connectivity index (χ3v) is 2.44. The van der Waals surface area contributed by atoms with Crippen molar-refractivity contribution in [2.45, 2.75) is 11.5 Å². The molecule has 1 N–H and O–H groups in total. The van der Waals surface area contributed by atoms with Crippen LogP contribution in [0, 0.1) is 5.82 Å². The van der Waals surface area contributed by atoms with Crippen molar-refractivity contribution >= 4 is 11.2 Å². The van der Waals surface area contributed by atoms with E-state index in [1.165, 1.54) is 18.4 Å². The van der Waals surface area contributed by atoms with Crippen molar-refractivity contribution in [3.05, 3.63) is 29.6 Å². The van der Waals surface area contributed by atoms with E-state index in [0.29, 0.717) is 4.90 Å². The molecule has 1 atom stereocenters. The zero-order valence-electron chi connectivity index (χ0n) is 6.58. The lowest BCUT2D eigenvalue weighted by atomic mass is 10.2. The summed E-state index contributed by atoms with van der Waals surface area (Å²) >= 11 is -1.17. The van der Waals surface area contributed by atoms with Gasteiger partial charge in [-0.3, -0.25) is 0 Å². The molecule has 1 aromatic rings. The van der Waals surface area contributed by atoms with E-state index < -0.39 is 17.0 Å². The molecule has 2 nitrogen and oxygen atoms in total. The van der Waals surface area contributed by atoms with Crippen molar-refractivity contribution in [2.24, 2.45) is 0 Å². The van der Waals surface area contributed by atoms with Gasteiger partial charge in [0.1, 0.15) is 12.1 Å². The summed E-state index contributed by atoms with van der Waals surface area (Å²) in [5, 5.41) is 8.63. The second kappa shape index (κ2) is 3.89. The maximum atomic E-state index is 12.9. The standard InChI is InChI=1S/C8H9FO2S/c1-12(11)7-3-2-6(5-10)8(9)4-7/h2-4,10H,5H2,1H3. The van der Waals surface area contributed by atoms with Gasteiger partial charge in [0.25, 0.3) is 0 Å². The fourth-order valence-electron chi connectivity index (χ4n) is 0.835. The molecule has 0 aliphatic carbocycles. The van der Waals surface area contributed by atoms with Crippen LogP contribution in [0.2, 0.25) is 0 Å². The number of rotatable bonds is 2. The molecule has 1 rings (SSSR count). The van der Waals surface area contributed by atoms with E-state index in [2.05, 4.69) is 0 Å². The largest absolute Gasteiger partial charge is 0.612 e. The molecular formula is C8H9FO2S. The zero-order valence-corrected chi connectivity index (χ0v) is 7.40. The third kappa shape index (κ3) is 1.97. The summed E-state index contributed by atoms with van der Waals surface area (Å²) in [5.41, 5.74) is 0.226. The predicted molar refractivity (Wildman–Crippen MR) is 44.7 cm³/mol. The molecule has 0 spiro atoms. The lowest BCUT2D eigenvalue weighted by molar-refractivity contribution is 0.275. The Bertz CT molecular complexity index is 276. The maximum absolute atomic E-state index is 12.9. The first-order valence-electron chi connectivity index (χ1n) is 3.38. The van der Waals surface area contributed by atoms with Crippen molar-refractivity contribution in [1.29, 1.82) is 0 Å². The number of aliphatic hydroxyl groups is 1. The highest BCUT2D eigenvalue weighted by Crippen LogP contribution is 2.14. The van der Waals surface area contributed by atoms with Crippen molar-refractivity contribution in [3.63, 3.8) is 0 Å². The van der Waals surface area contributed by atoms with Gasteiger partial charge in [0.05, 0.1) is 6.61 Å². The SMILES string of the molecule is C[S+]([O-])c1ccc(CO)c(F)c1. The number of benzene rings is 1. The van der Waals surface area contributed by atoms with Gasteiger partial charge >= 0.3 is 0 Å². The smallest absolute Gasteiger partial charge is 0.155 e. The van der Waals surface area contributed by atoms with Gasteiger partial charge < -0.3 is 9.66 Å². The van der Waals surface area contributed by atoms with Gasteiger partial charge in [0, 0.05) is 11.6 Å². The molecule has 4 heteroatoms. The highest BCUT2D eigenvalue weighted by Gasteiger charge is 2.08. The van der Waals surface area contributed by atoms with E-state index in [4.69, 9.17) is 5.11 Å². The van der Waals surface area contributed by atoms with Gasteiger partial charge in [0.2, 0.25) is 0 Å². The summed E-state index contributed by atoms with van der Waals surface area (Å²) in [7, 11) is 0. The monoisotopic (exact) mass is 188 g/mol. The van der Waals surface area contributed by atoms with Crippen LogP contribution in [-0.2, 0) is 17.8 Å². The van der Waals surface area contributed by atoms with Crippen molar-refractivity contribution in [3.8, 4) is 0 Å². The molecule has 0 aromatic heterocycles. The summed E-state index contributed by atoms with van der Waals surface area (Å²) in [6, 6.07) is 4.17. The molecule has 1 aromatic carbocycles. The Morgan fingerprint density at radius 1 is 1.58 bits per heavy atom. The van der Waals surface area contributed by atoms with Gasteiger partial charge in [-0.15, -0.1) is 0 Å². The quantitative estimate of drug-likeness (QED) is 0.705. The molecule has 1 unspecified atom stereocenters. The molecular weight excluding hydrogens is 179 g/mol. The molecule has 0 saturated heterocycles. The van der Waals surface area contributed by atoms with Gasteiger partial charge in [0.15, 0.2) is 4.90 Å². The van der Waals surface area contributed by atoms with E-state index in [1.807, 2.05) is 0 Å². The molecule has 0 radical (unpaired) electrons. The maximum Gasteiger partial charge on any atom is 0.155 e. The number of halogens is 1. The first-order chi connectivity index (χ1) is 5.65. The fourth-order valence-corrected chi connectivity index (χ4v) is 1.36. The van der Waals surface area contributed by atoms with E-state index in [0.717, 1.165) is 0 Å². The Hall–Kier alpha value is -0.580. The van der Waals surface area contributed by atoms with Crippen molar-refractivity contribution in [1.82, 2.24) is 0 Å². The van der Waals surface area contributed by atoms with Crippen LogP contribution >= 0.6 is 0 Å². The Morgan fingerprint density at radius 3 is 2.67 bits per heavy atom. The Morgan fingerprint density at radius 2 is 2.25 bits per heavy atom. The van der Waals surface area contributed by atoms with Crippen LogP contribution in [0.25, 0.3) is 0 Å². The normalized spacial score (nSPS) is 13.0. The lowest BCUT2D eigenvalue weighted by Crippen LogP contribution is -1.99. The summed E-state index contributed by atoms with van der Waals surface area (Å²) in [4.78, 5) is 0.435. The van der Waals surface area contributed by atoms with Crippen LogP contribution in [0.4, 0.5) is 4.39 Å². The molecule has 0 saturated carbocycles. The first kappa shape index (κ1) is 9.51. The molecule has 0 amide bonds. The number of hydrogen-bond acceptors (Lipinski definition) is 2. The highest BCUT2D eigenvalue weighted by molar-refractivity contribution is 7.90. The van der Waals surface area contributed by atoms with Crippen LogP contribution in [0.5, 0.6) is 0 Å². The van der Waals surface area contributed by atoms with Crippen LogP contribution in [0.15, 0.2) is 23.1 Å². The molecule has 0 bridgehead atoms. The van der Waals surface area contributed by atoms with E-state index >= 15 is 0 Å². The van der Waals surface area contributed by atoms with E-state index in [1.54, 1.807) is 6.07 Å². The summed E-state index contributed by atoms with van der Waals surface area (Å²) in [6.07, 6.45) is 1.48. The van der Waals surface area contributed by atoms with Gasteiger partial charge in [-0.25, -0.2) is 4.39 Å². The highest BCUT2D eigenvalue weighted by atomic mass is 32.2. The molecule has 12 heavy (non-hydrogen) atoms. The Kier molecular flexibility index (Phi) is 3.08. The average Bonchev–Trinajstić information content (AvgIpc) is 2.04. The minimum absolute atomic E-state index is 0.226. The number of hydrogen-bond donors (Lipinski definition) is 1. The molecule has 0 fully saturated rings. The minimum Gasteiger partial charge on any atom is -0.612 e. The summed E-state index contributed by atoms with van der Waals surface area (Å²) in [6.45, 7) is -0.331. The Labute approximate surface area is 73.2 Å². The second-order valence-electron chi connectivity index (χ2n) is 2.37. The van der Waals surface area contributed by atoms with Gasteiger partial charge in [-0.2, -0.15) is 0 Å². The second-order valence-corrected chi connectivity index (χ2v) is 3.75.